The molecule has 6 nitrogen and oxygen atoms in total. The van der Waals surface area contributed by atoms with Crippen LogP contribution < -0.4 is 15.8 Å². The van der Waals surface area contributed by atoms with Gasteiger partial charge in [-0.1, -0.05) is 13.8 Å². The number of anilines is 1. The summed E-state index contributed by atoms with van der Waals surface area (Å²) in [5.41, 5.74) is 5.81. The van der Waals surface area contributed by atoms with Gasteiger partial charge < -0.3 is 15.8 Å². The molecule has 0 aliphatic heterocycles. The third-order valence-electron chi connectivity index (χ3n) is 3.52. The Bertz CT molecular complexity index is 462. The molecule has 1 rings (SSSR count). The Morgan fingerprint density at radius 2 is 2.16 bits per heavy atom. The van der Waals surface area contributed by atoms with Gasteiger partial charge in [0.25, 0.3) is 5.69 Å². The molecule has 0 aromatic heterocycles. The highest BCUT2D eigenvalue weighted by Crippen LogP contribution is 2.32. The zero-order chi connectivity index (χ0) is 14.6. The van der Waals surface area contributed by atoms with E-state index in [0.29, 0.717) is 18.0 Å². The molecule has 1 aromatic carbocycles. The number of nitrogens with one attached hydrogen (secondary N) is 1. The summed E-state index contributed by atoms with van der Waals surface area (Å²) in [6, 6.07) is 4.74. The highest BCUT2D eigenvalue weighted by molar-refractivity contribution is 5.65. The maximum Gasteiger partial charge on any atom is 0.296 e. The summed E-state index contributed by atoms with van der Waals surface area (Å²) in [7, 11) is 1.48. The molecule has 0 aliphatic rings. The zero-order valence-corrected chi connectivity index (χ0v) is 11.8. The number of hydrogen-bond acceptors (Lipinski definition) is 5. The predicted molar refractivity (Wildman–Crippen MR) is 75.6 cm³/mol. The third kappa shape index (κ3) is 3.35. The first kappa shape index (κ1) is 15.2. The highest BCUT2D eigenvalue weighted by atomic mass is 16.6. The number of rotatable bonds is 6. The maximum atomic E-state index is 11.1. The molecule has 0 fully saturated rings. The number of nitrogens with two attached hydrogens (primary N) is 1. The van der Waals surface area contributed by atoms with Gasteiger partial charge >= 0.3 is 0 Å². The number of nitrogens with zero attached hydrogens (tertiary/aromatic N) is 1. The molecule has 0 bridgehead atoms. The molecule has 1 atom stereocenters. The summed E-state index contributed by atoms with van der Waals surface area (Å²) in [5.74, 6) is 0.690. The summed E-state index contributed by atoms with van der Waals surface area (Å²) >= 11 is 0. The third-order valence-corrected chi connectivity index (χ3v) is 3.52. The Kier molecular flexibility index (Phi) is 4.72. The predicted octanol–water partition coefficient (Wildman–Crippen LogP) is 2.39. The second-order valence-electron chi connectivity index (χ2n) is 5.04. The summed E-state index contributed by atoms with van der Waals surface area (Å²) in [5, 5.41) is 14.3. The van der Waals surface area contributed by atoms with Crippen molar-refractivity contribution in [3.8, 4) is 5.75 Å². The summed E-state index contributed by atoms with van der Waals surface area (Å²) in [4.78, 5) is 10.7. The molecule has 1 aromatic rings. The van der Waals surface area contributed by atoms with E-state index in [1.165, 1.54) is 13.2 Å². The lowest BCUT2D eigenvalue weighted by molar-refractivity contribution is -0.384. The zero-order valence-electron chi connectivity index (χ0n) is 11.8. The fourth-order valence-corrected chi connectivity index (χ4v) is 1.63. The second kappa shape index (κ2) is 5.88. The molecule has 0 heterocycles. The molecule has 0 spiro atoms. The van der Waals surface area contributed by atoms with E-state index < -0.39 is 10.5 Å². The normalized spacial score (nSPS) is 14.0. The van der Waals surface area contributed by atoms with E-state index in [2.05, 4.69) is 5.32 Å². The van der Waals surface area contributed by atoms with Crippen molar-refractivity contribution in [1.29, 1.82) is 0 Å². The molecule has 0 saturated carbocycles. The Balaban J connectivity index is 3.16. The van der Waals surface area contributed by atoms with E-state index >= 15 is 0 Å². The fourth-order valence-electron chi connectivity index (χ4n) is 1.63. The largest absolute Gasteiger partial charge is 0.496 e. The number of benzene rings is 1. The molecule has 106 valence electrons. The van der Waals surface area contributed by atoms with E-state index in [-0.39, 0.29) is 11.6 Å². The van der Waals surface area contributed by atoms with Gasteiger partial charge in [-0.3, -0.25) is 10.1 Å². The lowest BCUT2D eigenvalue weighted by Gasteiger charge is -2.34. The van der Waals surface area contributed by atoms with Gasteiger partial charge in [0.1, 0.15) is 11.4 Å². The number of methoxy groups -OCH3 is 1. The molecule has 3 N–H and O–H groups in total. The van der Waals surface area contributed by atoms with Gasteiger partial charge in [0.2, 0.25) is 0 Å². The first-order valence-corrected chi connectivity index (χ1v) is 6.14. The molecule has 0 radical (unpaired) electrons. The number of nitro groups is 1. The average molecular weight is 267 g/mol. The Morgan fingerprint density at radius 3 is 2.58 bits per heavy atom. The minimum atomic E-state index is -0.428. The molecular formula is C13H21N3O3. The van der Waals surface area contributed by atoms with Crippen molar-refractivity contribution in [2.45, 2.75) is 26.3 Å². The molecule has 19 heavy (non-hydrogen) atoms. The van der Waals surface area contributed by atoms with Crippen LogP contribution in [0.25, 0.3) is 0 Å². The van der Waals surface area contributed by atoms with Crippen LogP contribution in [0.2, 0.25) is 0 Å². The van der Waals surface area contributed by atoms with Crippen molar-refractivity contribution >= 4 is 11.4 Å². The summed E-state index contributed by atoms with van der Waals surface area (Å²) in [6.45, 7) is 6.38. The Labute approximate surface area is 113 Å². The average Bonchev–Trinajstić information content (AvgIpc) is 2.38. The standard InChI is InChI=1S/C13H21N3O3/c1-9(2)13(3,8-14)15-11-6-5-10(19-4)7-12(11)16(17)18/h5-7,9,15H,8,14H2,1-4H3. The SMILES string of the molecule is COc1ccc(NC(C)(CN)C(C)C)c([N+](=O)[O-])c1. The molecule has 6 heteroatoms. The molecule has 0 aliphatic carbocycles. The van der Waals surface area contributed by atoms with Crippen molar-refractivity contribution < 1.29 is 9.66 Å². The highest BCUT2D eigenvalue weighted by Gasteiger charge is 2.29. The van der Waals surface area contributed by atoms with Crippen molar-refractivity contribution in [2.75, 3.05) is 19.0 Å². The van der Waals surface area contributed by atoms with Crippen LogP contribution in [0, 0.1) is 16.0 Å². The molecule has 0 amide bonds. The van der Waals surface area contributed by atoms with Crippen molar-refractivity contribution in [2.24, 2.45) is 11.7 Å². The summed E-state index contributed by atoms with van der Waals surface area (Å²) in [6.07, 6.45) is 0. The fraction of sp³-hybridized carbons (Fsp3) is 0.538. The Morgan fingerprint density at radius 1 is 1.53 bits per heavy atom. The lowest BCUT2D eigenvalue weighted by Crippen LogP contribution is -2.47. The van der Waals surface area contributed by atoms with Gasteiger partial charge in [-0.05, 0) is 25.0 Å². The first-order valence-electron chi connectivity index (χ1n) is 6.14. The Hall–Kier alpha value is -1.82. The van der Waals surface area contributed by atoms with E-state index in [0.717, 1.165) is 0 Å². The van der Waals surface area contributed by atoms with Gasteiger partial charge in [0.15, 0.2) is 0 Å². The topological polar surface area (TPSA) is 90.4 Å². The van der Waals surface area contributed by atoms with Crippen molar-refractivity contribution in [3.63, 3.8) is 0 Å². The van der Waals surface area contributed by atoms with Gasteiger partial charge in [-0.2, -0.15) is 0 Å². The van der Waals surface area contributed by atoms with E-state index in [4.69, 9.17) is 10.5 Å². The van der Waals surface area contributed by atoms with Crippen LogP contribution in [-0.2, 0) is 0 Å². The summed E-state index contributed by atoms with van der Waals surface area (Å²) < 4.78 is 5.01. The molecular weight excluding hydrogens is 246 g/mol. The lowest BCUT2D eigenvalue weighted by atomic mass is 9.88. The number of ether oxygens (including phenoxy) is 1. The first-order chi connectivity index (χ1) is 8.84. The van der Waals surface area contributed by atoms with Crippen LogP contribution in [-0.4, -0.2) is 24.1 Å². The minimum Gasteiger partial charge on any atom is -0.496 e. The van der Waals surface area contributed by atoms with E-state index in [9.17, 15) is 10.1 Å². The van der Waals surface area contributed by atoms with Crippen LogP contribution in [0.1, 0.15) is 20.8 Å². The minimum absolute atomic E-state index is 0.0142. The van der Waals surface area contributed by atoms with Crippen LogP contribution in [0.5, 0.6) is 5.75 Å². The monoisotopic (exact) mass is 267 g/mol. The van der Waals surface area contributed by atoms with Gasteiger partial charge in [-0.25, -0.2) is 0 Å². The van der Waals surface area contributed by atoms with Gasteiger partial charge in [-0.15, -0.1) is 0 Å². The van der Waals surface area contributed by atoms with E-state index in [1.807, 2.05) is 20.8 Å². The molecule has 0 saturated heterocycles. The van der Waals surface area contributed by atoms with Gasteiger partial charge in [0, 0.05) is 12.1 Å². The smallest absolute Gasteiger partial charge is 0.296 e. The van der Waals surface area contributed by atoms with E-state index in [1.54, 1.807) is 12.1 Å². The van der Waals surface area contributed by atoms with Gasteiger partial charge in [0.05, 0.1) is 18.1 Å². The quantitative estimate of drug-likeness (QED) is 0.610. The second-order valence-corrected chi connectivity index (χ2v) is 5.04. The number of hydrogen-bond donors (Lipinski definition) is 2. The van der Waals surface area contributed by atoms with Crippen LogP contribution in [0.15, 0.2) is 18.2 Å². The van der Waals surface area contributed by atoms with Crippen molar-refractivity contribution in [3.05, 3.63) is 28.3 Å². The molecule has 1 unspecified atom stereocenters. The van der Waals surface area contributed by atoms with Crippen LogP contribution >= 0.6 is 0 Å². The van der Waals surface area contributed by atoms with Crippen LogP contribution in [0.4, 0.5) is 11.4 Å². The number of nitro benzene ring substituents is 1. The van der Waals surface area contributed by atoms with Crippen LogP contribution in [0.3, 0.4) is 0 Å². The van der Waals surface area contributed by atoms with Crippen molar-refractivity contribution in [1.82, 2.24) is 0 Å². The maximum absolute atomic E-state index is 11.1.